The zero-order valence-corrected chi connectivity index (χ0v) is 15.1. The molecule has 1 aliphatic heterocycles. The van der Waals surface area contributed by atoms with Crippen LogP contribution in [0, 0.1) is 5.92 Å². The fraction of sp³-hybridized carbons (Fsp3) is 0.474. The van der Waals surface area contributed by atoms with E-state index in [1.165, 1.54) is 0 Å². The monoisotopic (exact) mass is 344 g/mol. The standard InChI is InChI=1S/C19H24N2O2S/c1-19(2,24-13-14-7-9-23-10-8-14)18(22)21-16-11-15-5-3-4-6-17(15)20-12-16/h3-6,11-12,14H,7-10,13H2,1-2H3,(H,21,22). The number of carbonyl (C=O) groups is 1. The quantitative estimate of drug-likeness (QED) is 0.887. The second-order valence-electron chi connectivity index (χ2n) is 6.75. The molecule has 1 amide bonds. The molecular weight excluding hydrogens is 320 g/mol. The predicted octanol–water partition coefficient (Wildman–Crippen LogP) is 4.11. The Morgan fingerprint density at radius 1 is 1.33 bits per heavy atom. The molecule has 1 aromatic carbocycles. The summed E-state index contributed by atoms with van der Waals surface area (Å²) >= 11 is 1.73. The van der Waals surface area contributed by atoms with Gasteiger partial charge < -0.3 is 10.1 Å². The van der Waals surface area contributed by atoms with Crippen LogP contribution in [-0.4, -0.2) is 34.6 Å². The van der Waals surface area contributed by atoms with Gasteiger partial charge in [-0.05, 0) is 50.5 Å². The first-order valence-electron chi connectivity index (χ1n) is 8.42. The summed E-state index contributed by atoms with van der Waals surface area (Å²) in [7, 11) is 0. The fourth-order valence-corrected chi connectivity index (χ4v) is 3.89. The van der Waals surface area contributed by atoms with Gasteiger partial charge in [0.2, 0.25) is 5.91 Å². The second kappa shape index (κ2) is 7.53. The first-order chi connectivity index (χ1) is 11.5. The Kier molecular flexibility index (Phi) is 5.41. The number of aromatic nitrogens is 1. The smallest absolute Gasteiger partial charge is 0.240 e. The number of rotatable bonds is 5. The van der Waals surface area contributed by atoms with E-state index in [2.05, 4.69) is 10.3 Å². The van der Waals surface area contributed by atoms with Gasteiger partial charge in [0.1, 0.15) is 0 Å². The third-order valence-electron chi connectivity index (χ3n) is 4.42. The van der Waals surface area contributed by atoms with Crippen molar-refractivity contribution in [3.05, 3.63) is 36.5 Å². The maximum atomic E-state index is 12.7. The summed E-state index contributed by atoms with van der Waals surface area (Å²) in [5.74, 6) is 1.68. The number of ether oxygens (including phenoxy) is 1. The van der Waals surface area contributed by atoms with E-state index in [4.69, 9.17) is 4.74 Å². The fourth-order valence-electron chi connectivity index (χ4n) is 2.73. The Morgan fingerprint density at radius 3 is 2.88 bits per heavy atom. The molecule has 5 heteroatoms. The van der Waals surface area contributed by atoms with Crippen LogP contribution >= 0.6 is 11.8 Å². The number of nitrogens with zero attached hydrogens (tertiary/aromatic N) is 1. The zero-order valence-electron chi connectivity index (χ0n) is 14.2. The van der Waals surface area contributed by atoms with Gasteiger partial charge in [0.15, 0.2) is 0 Å². The number of pyridine rings is 1. The Hall–Kier alpha value is -1.59. The first-order valence-corrected chi connectivity index (χ1v) is 9.41. The maximum Gasteiger partial charge on any atom is 0.240 e. The third-order valence-corrected chi connectivity index (χ3v) is 5.96. The van der Waals surface area contributed by atoms with Crippen LogP contribution in [0.4, 0.5) is 5.69 Å². The van der Waals surface area contributed by atoms with Crippen molar-refractivity contribution in [1.29, 1.82) is 0 Å². The van der Waals surface area contributed by atoms with Gasteiger partial charge in [0, 0.05) is 18.6 Å². The van der Waals surface area contributed by atoms with Crippen molar-refractivity contribution in [3.63, 3.8) is 0 Å². The number of hydrogen-bond acceptors (Lipinski definition) is 4. The molecule has 3 rings (SSSR count). The molecular formula is C19H24N2O2S. The number of anilines is 1. The molecule has 2 aromatic rings. The molecule has 1 aromatic heterocycles. The predicted molar refractivity (Wildman–Crippen MR) is 100 cm³/mol. The van der Waals surface area contributed by atoms with E-state index in [0.29, 0.717) is 5.92 Å². The molecule has 1 aliphatic rings. The molecule has 1 N–H and O–H groups in total. The number of nitrogens with one attached hydrogen (secondary N) is 1. The second-order valence-corrected chi connectivity index (χ2v) is 8.39. The Bertz CT molecular complexity index is 711. The summed E-state index contributed by atoms with van der Waals surface area (Å²) in [6.07, 6.45) is 3.91. The highest BCUT2D eigenvalue weighted by Gasteiger charge is 2.30. The number of para-hydroxylation sites is 1. The summed E-state index contributed by atoms with van der Waals surface area (Å²) in [6.45, 7) is 5.67. The van der Waals surface area contributed by atoms with E-state index in [9.17, 15) is 4.79 Å². The van der Waals surface area contributed by atoms with Crippen molar-refractivity contribution in [1.82, 2.24) is 4.98 Å². The minimum Gasteiger partial charge on any atom is -0.381 e. The van der Waals surface area contributed by atoms with E-state index in [-0.39, 0.29) is 5.91 Å². The average Bonchev–Trinajstić information content (AvgIpc) is 2.61. The number of thioether (sulfide) groups is 1. The molecule has 0 radical (unpaired) electrons. The van der Waals surface area contributed by atoms with Gasteiger partial charge in [0.25, 0.3) is 0 Å². The molecule has 4 nitrogen and oxygen atoms in total. The van der Waals surface area contributed by atoms with Crippen LogP contribution in [0.15, 0.2) is 36.5 Å². The molecule has 0 spiro atoms. The van der Waals surface area contributed by atoms with Crippen molar-refractivity contribution >= 4 is 34.3 Å². The van der Waals surface area contributed by atoms with Gasteiger partial charge >= 0.3 is 0 Å². The number of benzene rings is 1. The summed E-state index contributed by atoms with van der Waals surface area (Å²) in [5.41, 5.74) is 1.68. The van der Waals surface area contributed by atoms with Crippen LogP contribution in [0.5, 0.6) is 0 Å². The molecule has 128 valence electrons. The highest BCUT2D eigenvalue weighted by atomic mass is 32.2. The molecule has 1 saturated heterocycles. The van der Waals surface area contributed by atoms with Gasteiger partial charge in [0.05, 0.1) is 22.1 Å². The lowest BCUT2D eigenvalue weighted by Gasteiger charge is -2.27. The highest BCUT2D eigenvalue weighted by molar-refractivity contribution is 8.01. The van der Waals surface area contributed by atoms with E-state index < -0.39 is 4.75 Å². The van der Waals surface area contributed by atoms with Gasteiger partial charge in [-0.2, -0.15) is 0 Å². The summed E-state index contributed by atoms with van der Waals surface area (Å²) < 4.78 is 4.93. The number of hydrogen-bond donors (Lipinski definition) is 1. The van der Waals surface area contributed by atoms with Gasteiger partial charge in [-0.25, -0.2) is 0 Å². The third kappa shape index (κ3) is 4.28. The zero-order chi connectivity index (χ0) is 17.0. The van der Waals surface area contributed by atoms with Crippen molar-refractivity contribution in [2.24, 2.45) is 5.92 Å². The molecule has 0 saturated carbocycles. The highest BCUT2D eigenvalue weighted by Crippen LogP contribution is 2.31. The van der Waals surface area contributed by atoms with Crippen LogP contribution in [0.25, 0.3) is 10.9 Å². The van der Waals surface area contributed by atoms with Crippen LogP contribution < -0.4 is 5.32 Å². The SMILES string of the molecule is CC(C)(SCC1CCOCC1)C(=O)Nc1cnc2ccccc2c1. The van der Waals surface area contributed by atoms with Gasteiger partial charge in [-0.15, -0.1) is 11.8 Å². The molecule has 0 unspecified atom stereocenters. The van der Waals surface area contributed by atoms with Crippen molar-refractivity contribution in [2.45, 2.75) is 31.4 Å². The van der Waals surface area contributed by atoms with Gasteiger partial charge in [-0.3, -0.25) is 9.78 Å². The number of fused-ring (bicyclic) bond motifs is 1. The van der Waals surface area contributed by atoms with Crippen molar-refractivity contribution in [3.8, 4) is 0 Å². The number of amides is 1. The summed E-state index contributed by atoms with van der Waals surface area (Å²) in [6, 6.07) is 9.88. The summed E-state index contributed by atoms with van der Waals surface area (Å²) in [4.78, 5) is 17.1. The van der Waals surface area contributed by atoms with Crippen molar-refractivity contribution < 1.29 is 9.53 Å². The Morgan fingerprint density at radius 2 is 2.08 bits per heavy atom. The van der Waals surface area contributed by atoms with Crippen LogP contribution in [-0.2, 0) is 9.53 Å². The largest absolute Gasteiger partial charge is 0.381 e. The molecule has 0 bridgehead atoms. The number of carbonyl (C=O) groups excluding carboxylic acids is 1. The molecule has 0 aliphatic carbocycles. The lowest BCUT2D eigenvalue weighted by molar-refractivity contribution is -0.117. The molecule has 24 heavy (non-hydrogen) atoms. The van der Waals surface area contributed by atoms with E-state index in [1.807, 2.05) is 44.2 Å². The lowest BCUT2D eigenvalue weighted by Crippen LogP contribution is -2.35. The Balaban J connectivity index is 1.61. The van der Waals surface area contributed by atoms with E-state index >= 15 is 0 Å². The Labute approximate surface area is 147 Å². The molecule has 2 heterocycles. The van der Waals surface area contributed by atoms with Crippen molar-refractivity contribution in [2.75, 3.05) is 24.3 Å². The maximum absolute atomic E-state index is 12.7. The van der Waals surface area contributed by atoms with Crippen LogP contribution in [0.3, 0.4) is 0 Å². The lowest BCUT2D eigenvalue weighted by atomic mass is 10.0. The van der Waals surface area contributed by atoms with Crippen LogP contribution in [0.2, 0.25) is 0 Å². The minimum atomic E-state index is -0.468. The van der Waals surface area contributed by atoms with Gasteiger partial charge in [-0.1, -0.05) is 18.2 Å². The average molecular weight is 344 g/mol. The van der Waals surface area contributed by atoms with E-state index in [0.717, 1.165) is 48.4 Å². The molecule has 0 atom stereocenters. The normalized spacial score (nSPS) is 16.2. The topological polar surface area (TPSA) is 51.2 Å². The van der Waals surface area contributed by atoms with Crippen LogP contribution in [0.1, 0.15) is 26.7 Å². The first kappa shape index (κ1) is 17.2. The van der Waals surface area contributed by atoms with E-state index in [1.54, 1.807) is 18.0 Å². The summed E-state index contributed by atoms with van der Waals surface area (Å²) in [5, 5.41) is 4.05. The molecule has 1 fully saturated rings. The minimum absolute atomic E-state index is 0.0247.